The van der Waals surface area contributed by atoms with Gasteiger partial charge in [-0.05, 0) is 29.1 Å². The fourth-order valence-electron chi connectivity index (χ4n) is 2.01. The quantitative estimate of drug-likeness (QED) is 0.748. The van der Waals surface area contributed by atoms with E-state index >= 15 is 0 Å². The van der Waals surface area contributed by atoms with Crippen LogP contribution in [-0.2, 0) is 6.18 Å². The summed E-state index contributed by atoms with van der Waals surface area (Å²) in [5.74, 6) is -0.00211. The average molecular weight is 310 g/mol. The van der Waals surface area contributed by atoms with Gasteiger partial charge in [0.05, 0.1) is 16.0 Å². The highest BCUT2D eigenvalue weighted by Gasteiger charge is 2.31. The molecule has 3 rings (SSSR count). The van der Waals surface area contributed by atoms with E-state index in [9.17, 15) is 13.2 Å². The van der Waals surface area contributed by atoms with Crippen LogP contribution in [0.5, 0.6) is 0 Å². The van der Waals surface area contributed by atoms with Gasteiger partial charge in [-0.1, -0.05) is 23.4 Å². The molecule has 0 atom stereocenters. The molecule has 3 aromatic rings. The second-order valence-corrected chi connectivity index (χ2v) is 5.27. The predicted molar refractivity (Wildman–Crippen MR) is 74.7 cm³/mol. The molecule has 0 unspecified atom stereocenters. The Morgan fingerprint density at radius 2 is 1.95 bits per heavy atom. The van der Waals surface area contributed by atoms with Gasteiger partial charge in [-0.2, -0.15) is 13.2 Å². The van der Waals surface area contributed by atoms with Gasteiger partial charge in [0, 0.05) is 0 Å². The van der Waals surface area contributed by atoms with E-state index in [0.29, 0.717) is 16.8 Å². The Hall–Kier alpha value is -2.28. The van der Waals surface area contributed by atoms with Crippen LogP contribution in [0.2, 0.25) is 0 Å². The summed E-state index contributed by atoms with van der Waals surface area (Å²) in [5.41, 5.74) is 6.14. The minimum atomic E-state index is -4.41. The van der Waals surface area contributed by atoms with Gasteiger partial charge in [0.1, 0.15) is 5.69 Å². The van der Waals surface area contributed by atoms with Crippen LogP contribution in [0.1, 0.15) is 5.56 Å². The van der Waals surface area contributed by atoms with E-state index in [1.54, 1.807) is 12.1 Å². The molecule has 2 heterocycles. The molecular formula is C14H9F3N2OS. The van der Waals surface area contributed by atoms with Crippen molar-refractivity contribution < 1.29 is 17.7 Å². The lowest BCUT2D eigenvalue weighted by molar-refractivity contribution is -0.137. The third-order valence-corrected chi connectivity index (χ3v) is 3.83. The van der Waals surface area contributed by atoms with Crippen LogP contribution in [0.15, 0.2) is 46.3 Å². The summed E-state index contributed by atoms with van der Waals surface area (Å²) in [4.78, 5) is 0.780. The molecule has 0 spiro atoms. The third-order valence-electron chi connectivity index (χ3n) is 2.95. The summed E-state index contributed by atoms with van der Waals surface area (Å²) in [7, 11) is 0. The molecule has 108 valence electrons. The second-order valence-electron chi connectivity index (χ2n) is 4.33. The number of nitrogens with zero attached hydrogens (tertiary/aromatic N) is 1. The summed E-state index contributed by atoms with van der Waals surface area (Å²) in [6, 6.07) is 8.57. The van der Waals surface area contributed by atoms with Gasteiger partial charge in [-0.3, -0.25) is 0 Å². The lowest BCUT2D eigenvalue weighted by Crippen LogP contribution is -2.04. The number of halogens is 3. The number of benzene rings is 1. The van der Waals surface area contributed by atoms with Crippen molar-refractivity contribution in [2.24, 2.45) is 0 Å². The number of hydrogen-bond donors (Lipinski definition) is 1. The second kappa shape index (κ2) is 4.92. The lowest BCUT2D eigenvalue weighted by atomic mass is 10.0. The smallest absolute Gasteiger partial charge is 0.367 e. The predicted octanol–water partition coefficient (Wildman–Crippen LogP) is 4.67. The van der Waals surface area contributed by atoms with E-state index in [1.807, 2.05) is 11.4 Å². The SMILES string of the molecule is Nc1onc(-c2cccs2)c1-c1cccc(C(F)(F)F)c1. The van der Waals surface area contributed by atoms with Crippen molar-refractivity contribution in [1.29, 1.82) is 0 Å². The largest absolute Gasteiger partial charge is 0.416 e. The molecule has 1 aromatic carbocycles. The minimum absolute atomic E-state index is 0.00211. The van der Waals surface area contributed by atoms with Gasteiger partial charge in [-0.25, -0.2) is 0 Å². The van der Waals surface area contributed by atoms with Crippen LogP contribution in [0.4, 0.5) is 19.1 Å². The molecular weight excluding hydrogens is 301 g/mol. The number of rotatable bonds is 2. The number of hydrogen-bond acceptors (Lipinski definition) is 4. The highest BCUT2D eigenvalue weighted by molar-refractivity contribution is 7.13. The topological polar surface area (TPSA) is 52.0 Å². The molecule has 0 aliphatic carbocycles. The van der Waals surface area contributed by atoms with Gasteiger partial charge in [0.2, 0.25) is 5.88 Å². The normalized spacial score (nSPS) is 11.8. The minimum Gasteiger partial charge on any atom is -0.367 e. The first-order chi connectivity index (χ1) is 9.97. The fourth-order valence-corrected chi connectivity index (χ4v) is 2.73. The van der Waals surface area contributed by atoms with Gasteiger partial charge in [0.25, 0.3) is 0 Å². The maximum atomic E-state index is 12.8. The van der Waals surface area contributed by atoms with E-state index in [-0.39, 0.29) is 5.88 Å². The van der Waals surface area contributed by atoms with Gasteiger partial charge >= 0.3 is 6.18 Å². The lowest BCUT2D eigenvalue weighted by Gasteiger charge is -2.08. The van der Waals surface area contributed by atoms with E-state index in [0.717, 1.165) is 17.0 Å². The van der Waals surface area contributed by atoms with Crippen LogP contribution in [0.3, 0.4) is 0 Å². The monoisotopic (exact) mass is 310 g/mol. The molecule has 0 aliphatic heterocycles. The molecule has 0 radical (unpaired) electrons. The molecule has 2 aromatic heterocycles. The maximum absolute atomic E-state index is 12.8. The van der Waals surface area contributed by atoms with Crippen LogP contribution in [-0.4, -0.2) is 5.16 Å². The molecule has 0 saturated carbocycles. The number of nitrogens with two attached hydrogens (primary N) is 1. The van der Waals surface area contributed by atoms with Crippen molar-refractivity contribution in [3.05, 3.63) is 47.3 Å². The van der Waals surface area contributed by atoms with Gasteiger partial charge in [0.15, 0.2) is 0 Å². The Morgan fingerprint density at radius 3 is 2.62 bits per heavy atom. The zero-order valence-electron chi connectivity index (χ0n) is 10.5. The van der Waals surface area contributed by atoms with E-state index < -0.39 is 11.7 Å². The van der Waals surface area contributed by atoms with Gasteiger partial charge in [-0.15, -0.1) is 11.3 Å². The summed E-state index contributed by atoms with van der Waals surface area (Å²) >= 11 is 1.41. The Morgan fingerprint density at radius 1 is 1.14 bits per heavy atom. The molecule has 7 heteroatoms. The first kappa shape index (κ1) is 13.7. The number of thiophene rings is 1. The van der Waals surface area contributed by atoms with E-state index in [4.69, 9.17) is 10.3 Å². The Balaban J connectivity index is 2.16. The first-order valence-corrected chi connectivity index (χ1v) is 6.81. The van der Waals surface area contributed by atoms with Crippen molar-refractivity contribution in [3.8, 4) is 21.7 Å². The molecule has 2 N–H and O–H groups in total. The van der Waals surface area contributed by atoms with E-state index in [1.165, 1.54) is 17.4 Å². The fraction of sp³-hybridized carbons (Fsp3) is 0.0714. The number of alkyl halides is 3. The average Bonchev–Trinajstić information content (AvgIpc) is 3.06. The summed E-state index contributed by atoms with van der Waals surface area (Å²) in [6.07, 6.45) is -4.41. The van der Waals surface area contributed by atoms with Crippen molar-refractivity contribution >= 4 is 17.2 Å². The zero-order valence-corrected chi connectivity index (χ0v) is 11.3. The Kier molecular flexibility index (Phi) is 3.21. The van der Waals surface area contributed by atoms with Crippen LogP contribution >= 0.6 is 11.3 Å². The highest BCUT2D eigenvalue weighted by Crippen LogP contribution is 2.40. The van der Waals surface area contributed by atoms with Crippen molar-refractivity contribution in [2.75, 3.05) is 5.73 Å². The van der Waals surface area contributed by atoms with Crippen molar-refractivity contribution in [1.82, 2.24) is 5.16 Å². The molecule has 0 aliphatic rings. The Labute approximate surface area is 121 Å². The standard InChI is InChI=1S/C14H9F3N2OS/c15-14(16,17)9-4-1-3-8(7-9)11-12(19-20-13(11)18)10-5-2-6-21-10/h1-7H,18H2. The van der Waals surface area contributed by atoms with Crippen LogP contribution in [0, 0.1) is 0 Å². The number of anilines is 1. The molecule has 0 fully saturated rings. The van der Waals surface area contributed by atoms with Gasteiger partial charge < -0.3 is 10.3 Å². The number of nitrogen functional groups attached to an aromatic ring is 1. The Bertz CT molecular complexity index is 763. The van der Waals surface area contributed by atoms with Crippen LogP contribution < -0.4 is 5.73 Å². The molecule has 0 amide bonds. The van der Waals surface area contributed by atoms with Crippen molar-refractivity contribution in [2.45, 2.75) is 6.18 Å². The molecule has 0 saturated heterocycles. The first-order valence-electron chi connectivity index (χ1n) is 5.93. The molecule has 3 nitrogen and oxygen atoms in total. The number of aromatic nitrogens is 1. The summed E-state index contributed by atoms with van der Waals surface area (Å²) in [6.45, 7) is 0. The van der Waals surface area contributed by atoms with Crippen molar-refractivity contribution in [3.63, 3.8) is 0 Å². The van der Waals surface area contributed by atoms with Crippen LogP contribution in [0.25, 0.3) is 21.7 Å². The zero-order chi connectivity index (χ0) is 15.0. The summed E-state index contributed by atoms with van der Waals surface area (Å²) in [5, 5.41) is 5.70. The summed E-state index contributed by atoms with van der Waals surface area (Å²) < 4.78 is 43.4. The maximum Gasteiger partial charge on any atom is 0.416 e. The molecule has 21 heavy (non-hydrogen) atoms. The van der Waals surface area contributed by atoms with E-state index in [2.05, 4.69) is 5.16 Å². The third kappa shape index (κ3) is 2.52. The molecule has 0 bridgehead atoms. The highest BCUT2D eigenvalue weighted by atomic mass is 32.1.